The number of aromatic nitrogens is 1. The van der Waals surface area contributed by atoms with Crippen molar-refractivity contribution in [3.8, 4) is 0 Å². The van der Waals surface area contributed by atoms with E-state index in [-0.39, 0.29) is 17.9 Å². The van der Waals surface area contributed by atoms with Gasteiger partial charge in [0.15, 0.2) is 0 Å². The maximum absolute atomic E-state index is 12.4. The molecule has 1 aliphatic heterocycles. The van der Waals surface area contributed by atoms with Crippen LogP contribution < -0.4 is 5.32 Å². The summed E-state index contributed by atoms with van der Waals surface area (Å²) < 4.78 is 5.78. The topological polar surface area (TPSA) is 51.2 Å². The van der Waals surface area contributed by atoms with Crippen LogP contribution in [0, 0.1) is 18.8 Å². The Bertz CT molecular complexity index is 460. The van der Waals surface area contributed by atoms with E-state index in [2.05, 4.69) is 24.1 Å². The average Bonchev–Trinajstić information content (AvgIpc) is 2.46. The van der Waals surface area contributed by atoms with E-state index < -0.39 is 0 Å². The van der Waals surface area contributed by atoms with Crippen molar-refractivity contribution in [1.29, 1.82) is 0 Å². The van der Waals surface area contributed by atoms with Crippen molar-refractivity contribution in [3.05, 3.63) is 29.6 Å². The SMILES string of the molecule is Cc1cnccc1CNC(=O)[C@@H]1CCCO[C@@H]1C(C)C. The van der Waals surface area contributed by atoms with Crippen LogP contribution in [-0.2, 0) is 16.1 Å². The summed E-state index contributed by atoms with van der Waals surface area (Å²) in [5, 5.41) is 3.05. The Morgan fingerprint density at radius 3 is 3.05 bits per heavy atom. The zero-order chi connectivity index (χ0) is 14.5. The third kappa shape index (κ3) is 3.57. The van der Waals surface area contributed by atoms with E-state index in [1.54, 1.807) is 6.20 Å². The Morgan fingerprint density at radius 1 is 1.55 bits per heavy atom. The van der Waals surface area contributed by atoms with Gasteiger partial charge in [0.25, 0.3) is 0 Å². The van der Waals surface area contributed by atoms with E-state index in [4.69, 9.17) is 4.74 Å². The first-order chi connectivity index (χ1) is 9.59. The van der Waals surface area contributed by atoms with Gasteiger partial charge in [0, 0.05) is 25.5 Å². The highest BCUT2D eigenvalue weighted by Crippen LogP contribution is 2.26. The van der Waals surface area contributed by atoms with E-state index in [9.17, 15) is 4.79 Å². The lowest BCUT2D eigenvalue weighted by atomic mass is 9.87. The number of carbonyl (C=O) groups is 1. The van der Waals surface area contributed by atoms with Gasteiger partial charge in [0.2, 0.25) is 5.91 Å². The van der Waals surface area contributed by atoms with Gasteiger partial charge in [-0.2, -0.15) is 0 Å². The second-order valence-electron chi connectivity index (χ2n) is 5.85. The second kappa shape index (κ2) is 6.84. The minimum atomic E-state index is -0.0223. The van der Waals surface area contributed by atoms with Crippen molar-refractivity contribution < 1.29 is 9.53 Å². The highest BCUT2D eigenvalue weighted by molar-refractivity contribution is 5.79. The molecule has 110 valence electrons. The predicted molar refractivity (Wildman–Crippen MR) is 78.1 cm³/mol. The van der Waals surface area contributed by atoms with Crippen LogP contribution in [0.15, 0.2) is 18.5 Å². The molecule has 1 fully saturated rings. The molecular weight excluding hydrogens is 252 g/mol. The number of pyridine rings is 1. The van der Waals surface area contributed by atoms with Crippen LogP contribution in [0.5, 0.6) is 0 Å². The summed E-state index contributed by atoms with van der Waals surface area (Å²) in [7, 11) is 0. The van der Waals surface area contributed by atoms with E-state index in [1.807, 2.05) is 19.2 Å². The summed E-state index contributed by atoms with van der Waals surface area (Å²) in [6.07, 6.45) is 5.51. The largest absolute Gasteiger partial charge is 0.377 e. The zero-order valence-electron chi connectivity index (χ0n) is 12.6. The fraction of sp³-hybridized carbons (Fsp3) is 0.625. The Kier molecular flexibility index (Phi) is 5.12. The lowest BCUT2D eigenvalue weighted by molar-refractivity contribution is -0.137. The number of aryl methyl sites for hydroxylation is 1. The fourth-order valence-corrected chi connectivity index (χ4v) is 2.75. The van der Waals surface area contributed by atoms with E-state index >= 15 is 0 Å². The molecule has 1 aromatic rings. The van der Waals surface area contributed by atoms with Crippen LogP contribution in [-0.4, -0.2) is 23.6 Å². The van der Waals surface area contributed by atoms with Crippen molar-refractivity contribution in [2.75, 3.05) is 6.61 Å². The Morgan fingerprint density at radius 2 is 2.35 bits per heavy atom. The van der Waals surface area contributed by atoms with E-state index in [0.29, 0.717) is 12.5 Å². The summed E-state index contributed by atoms with van der Waals surface area (Å²) in [6.45, 7) is 7.58. The minimum absolute atomic E-state index is 0.0223. The van der Waals surface area contributed by atoms with Crippen molar-refractivity contribution >= 4 is 5.91 Å². The quantitative estimate of drug-likeness (QED) is 0.919. The number of hydrogen-bond acceptors (Lipinski definition) is 3. The summed E-state index contributed by atoms with van der Waals surface area (Å²) >= 11 is 0. The maximum Gasteiger partial charge on any atom is 0.226 e. The number of carbonyl (C=O) groups excluding carboxylic acids is 1. The summed E-state index contributed by atoms with van der Waals surface area (Å²) in [5.74, 6) is 0.458. The predicted octanol–water partition coefficient (Wildman–Crippen LogP) is 2.46. The van der Waals surface area contributed by atoms with Crippen LogP contribution in [0.1, 0.15) is 37.8 Å². The highest BCUT2D eigenvalue weighted by Gasteiger charge is 2.33. The molecule has 4 heteroatoms. The second-order valence-corrected chi connectivity index (χ2v) is 5.85. The van der Waals surface area contributed by atoms with Crippen molar-refractivity contribution in [2.24, 2.45) is 11.8 Å². The number of ether oxygens (including phenoxy) is 1. The first kappa shape index (κ1) is 15.0. The molecule has 1 aromatic heterocycles. The van der Waals surface area contributed by atoms with Crippen molar-refractivity contribution in [1.82, 2.24) is 10.3 Å². The van der Waals surface area contributed by atoms with Crippen LogP contribution in [0.3, 0.4) is 0 Å². The first-order valence-corrected chi connectivity index (χ1v) is 7.38. The van der Waals surface area contributed by atoms with E-state index in [1.165, 1.54) is 0 Å². The van der Waals surface area contributed by atoms with Crippen LogP contribution in [0.2, 0.25) is 0 Å². The Balaban J connectivity index is 1.95. The summed E-state index contributed by atoms with van der Waals surface area (Å²) in [5.41, 5.74) is 2.22. The molecule has 2 atom stereocenters. The summed E-state index contributed by atoms with van der Waals surface area (Å²) in [4.78, 5) is 16.5. The normalized spacial score (nSPS) is 22.8. The lowest BCUT2D eigenvalue weighted by Gasteiger charge is -2.33. The van der Waals surface area contributed by atoms with Crippen molar-refractivity contribution in [2.45, 2.75) is 46.3 Å². The fourth-order valence-electron chi connectivity index (χ4n) is 2.75. The molecule has 2 rings (SSSR count). The Labute approximate surface area is 120 Å². The average molecular weight is 276 g/mol. The number of nitrogens with zero attached hydrogens (tertiary/aromatic N) is 1. The van der Waals surface area contributed by atoms with Crippen LogP contribution >= 0.6 is 0 Å². The van der Waals surface area contributed by atoms with Gasteiger partial charge < -0.3 is 10.1 Å². The van der Waals surface area contributed by atoms with Gasteiger partial charge >= 0.3 is 0 Å². The molecule has 1 amide bonds. The summed E-state index contributed by atoms with van der Waals surface area (Å²) in [6, 6.07) is 1.95. The van der Waals surface area contributed by atoms with Gasteiger partial charge in [-0.05, 0) is 42.9 Å². The zero-order valence-corrected chi connectivity index (χ0v) is 12.6. The molecule has 0 aliphatic carbocycles. The molecule has 20 heavy (non-hydrogen) atoms. The number of hydrogen-bond donors (Lipinski definition) is 1. The molecule has 0 aromatic carbocycles. The minimum Gasteiger partial charge on any atom is -0.377 e. The molecule has 0 saturated carbocycles. The third-order valence-electron chi connectivity index (χ3n) is 3.95. The first-order valence-electron chi connectivity index (χ1n) is 7.38. The Hall–Kier alpha value is -1.42. The molecule has 0 bridgehead atoms. The number of amides is 1. The molecule has 0 unspecified atom stereocenters. The molecule has 1 aliphatic rings. The van der Waals surface area contributed by atoms with Gasteiger partial charge in [-0.25, -0.2) is 0 Å². The molecule has 0 radical (unpaired) electrons. The maximum atomic E-state index is 12.4. The third-order valence-corrected chi connectivity index (χ3v) is 3.95. The lowest BCUT2D eigenvalue weighted by Crippen LogP contribution is -2.43. The van der Waals surface area contributed by atoms with Crippen LogP contribution in [0.25, 0.3) is 0 Å². The number of rotatable bonds is 4. The molecule has 1 saturated heterocycles. The van der Waals surface area contributed by atoms with Crippen LogP contribution in [0.4, 0.5) is 0 Å². The van der Waals surface area contributed by atoms with Gasteiger partial charge in [-0.1, -0.05) is 13.8 Å². The molecule has 2 heterocycles. The molecule has 0 spiro atoms. The highest BCUT2D eigenvalue weighted by atomic mass is 16.5. The monoisotopic (exact) mass is 276 g/mol. The van der Waals surface area contributed by atoms with Crippen molar-refractivity contribution in [3.63, 3.8) is 0 Å². The molecule has 1 N–H and O–H groups in total. The molecule has 4 nitrogen and oxygen atoms in total. The standard InChI is InChI=1S/C16H24N2O2/c1-11(2)15-14(5-4-8-20-15)16(19)18-10-13-6-7-17-9-12(13)3/h6-7,9,11,14-15H,4-5,8,10H2,1-3H3,(H,18,19)/t14-,15-/m1/s1. The van der Waals surface area contributed by atoms with Gasteiger partial charge in [0.05, 0.1) is 12.0 Å². The number of nitrogens with one attached hydrogen (secondary N) is 1. The smallest absolute Gasteiger partial charge is 0.226 e. The van der Waals surface area contributed by atoms with Gasteiger partial charge in [0.1, 0.15) is 0 Å². The molecular formula is C16H24N2O2. The van der Waals surface area contributed by atoms with E-state index in [0.717, 1.165) is 30.6 Å². The van der Waals surface area contributed by atoms with Gasteiger partial charge in [-0.15, -0.1) is 0 Å². The van der Waals surface area contributed by atoms with Gasteiger partial charge in [-0.3, -0.25) is 9.78 Å².